The van der Waals surface area contributed by atoms with Crippen molar-refractivity contribution < 1.29 is 14.3 Å². The first-order valence-corrected chi connectivity index (χ1v) is 9.32. The maximum atomic E-state index is 12.8. The van der Waals surface area contributed by atoms with Crippen molar-refractivity contribution in [2.45, 2.75) is 26.6 Å². The number of hydrogen-bond donors (Lipinski definition) is 1. The van der Waals surface area contributed by atoms with Crippen molar-refractivity contribution in [3.05, 3.63) is 35.4 Å². The average Bonchev–Trinajstić information content (AvgIpc) is 3.06. The van der Waals surface area contributed by atoms with Crippen molar-refractivity contribution in [1.82, 2.24) is 24.6 Å². The first kappa shape index (κ1) is 20.1. The number of carbonyl (C=O) groups excluding carboxylic acids is 1. The van der Waals surface area contributed by atoms with E-state index in [9.17, 15) is 4.79 Å². The molecule has 1 aromatic carbocycles. The summed E-state index contributed by atoms with van der Waals surface area (Å²) in [6.07, 6.45) is 0. The minimum atomic E-state index is -0.177. The molecule has 28 heavy (non-hydrogen) atoms. The third-order valence-corrected chi connectivity index (χ3v) is 4.57. The number of anilines is 1. The zero-order valence-electron chi connectivity index (χ0n) is 16.9. The van der Waals surface area contributed by atoms with Gasteiger partial charge in [0.1, 0.15) is 19.0 Å². The molecule has 9 heteroatoms. The van der Waals surface area contributed by atoms with Crippen LogP contribution in [0.2, 0.25) is 0 Å². The van der Waals surface area contributed by atoms with Crippen LogP contribution in [0, 0.1) is 6.92 Å². The maximum absolute atomic E-state index is 12.8. The molecule has 3 rings (SSSR count). The first-order chi connectivity index (χ1) is 13.5. The Hall–Kier alpha value is -2.65. The molecule has 0 fully saturated rings. The Morgan fingerprint density at radius 1 is 1.29 bits per heavy atom. The van der Waals surface area contributed by atoms with Crippen molar-refractivity contribution in [2.24, 2.45) is 0 Å². The number of urea groups is 1. The van der Waals surface area contributed by atoms with Gasteiger partial charge in [-0.3, -0.25) is 0 Å². The number of hydrogen-bond acceptors (Lipinski definition) is 6. The summed E-state index contributed by atoms with van der Waals surface area (Å²) in [5, 5.41) is 11.3. The van der Waals surface area contributed by atoms with Crippen LogP contribution in [-0.2, 0) is 24.4 Å². The Balaban J connectivity index is 1.66. The molecule has 2 heterocycles. The molecule has 1 aliphatic heterocycles. The predicted molar refractivity (Wildman–Crippen MR) is 105 cm³/mol. The topological polar surface area (TPSA) is 84.8 Å². The lowest BCUT2D eigenvalue weighted by molar-refractivity contribution is 0.167. The van der Waals surface area contributed by atoms with Crippen molar-refractivity contribution in [2.75, 3.05) is 46.2 Å². The van der Waals surface area contributed by atoms with Gasteiger partial charge in [-0.15, -0.1) is 10.2 Å². The van der Waals surface area contributed by atoms with Crippen LogP contribution >= 0.6 is 0 Å². The Kier molecular flexibility index (Phi) is 6.48. The number of aromatic nitrogens is 3. The lowest BCUT2D eigenvalue weighted by Crippen LogP contribution is -2.41. The molecule has 0 saturated heterocycles. The molecule has 1 N–H and O–H groups in total. The van der Waals surface area contributed by atoms with E-state index in [1.54, 1.807) is 12.0 Å². The summed E-state index contributed by atoms with van der Waals surface area (Å²) in [5.41, 5.74) is 1.75. The molecule has 0 atom stereocenters. The molecule has 0 unspecified atom stereocenters. The van der Waals surface area contributed by atoms with E-state index >= 15 is 0 Å². The molecular formula is C19H28N6O3. The quantitative estimate of drug-likeness (QED) is 0.778. The van der Waals surface area contributed by atoms with E-state index in [-0.39, 0.29) is 6.03 Å². The highest BCUT2D eigenvalue weighted by Crippen LogP contribution is 2.26. The molecule has 2 amide bonds. The molecule has 0 aliphatic carbocycles. The predicted octanol–water partition coefficient (Wildman–Crippen LogP) is 1.72. The van der Waals surface area contributed by atoms with Crippen LogP contribution in [0.4, 0.5) is 10.5 Å². The largest absolute Gasteiger partial charge is 0.490 e. The third-order valence-electron chi connectivity index (χ3n) is 4.57. The van der Waals surface area contributed by atoms with Gasteiger partial charge in [-0.1, -0.05) is 6.07 Å². The number of fused-ring (bicyclic) bond motifs is 1. The maximum Gasteiger partial charge on any atom is 0.322 e. The molecule has 1 aliphatic rings. The lowest BCUT2D eigenvalue weighted by Gasteiger charge is -2.28. The molecule has 0 bridgehead atoms. The number of nitrogens with one attached hydrogen (secondary N) is 1. The second-order valence-electron chi connectivity index (χ2n) is 7.12. The molecular weight excluding hydrogens is 360 g/mol. The number of likely N-dealkylation sites (N-methyl/N-ethyl adjacent to an activating group) is 1. The Labute approximate surface area is 165 Å². The molecule has 2 aromatic rings. The summed E-state index contributed by atoms with van der Waals surface area (Å²) in [7, 11) is 5.62. The highest BCUT2D eigenvalue weighted by molar-refractivity contribution is 5.91. The van der Waals surface area contributed by atoms with Crippen LogP contribution in [0.5, 0.6) is 5.75 Å². The normalized spacial score (nSPS) is 13.5. The molecule has 1 aromatic heterocycles. The Morgan fingerprint density at radius 3 is 2.86 bits per heavy atom. The van der Waals surface area contributed by atoms with E-state index < -0.39 is 0 Å². The number of aryl methyl sites for hydroxylation is 1. The second-order valence-corrected chi connectivity index (χ2v) is 7.12. The van der Waals surface area contributed by atoms with Gasteiger partial charge in [0.05, 0.1) is 12.2 Å². The minimum Gasteiger partial charge on any atom is -0.490 e. The summed E-state index contributed by atoms with van der Waals surface area (Å²) in [5.74, 6) is 2.23. The molecule has 9 nitrogen and oxygen atoms in total. The number of methoxy groups -OCH3 is 1. The fourth-order valence-corrected chi connectivity index (χ4v) is 3.01. The first-order valence-electron chi connectivity index (χ1n) is 9.32. The smallest absolute Gasteiger partial charge is 0.322 e. The zero-order chi connectivity index (χ0) is 20.1. The van der Waals surface area contributed by atoms with Gasteiger partial charge in [-0.25, -0.2) is 4.79 Å². The Bertz CT molecular complexity index is 820. The lowest BCUT2D eigenvalue weighted by atomic mass is 10.2. The zero-order valence-corrected chi connectivity index (χ0v) is 16.9. The van der Waals surface area contributed by atoms with Gasteiger partial charge in [0, 0.05) is 26.7 Å². The fourth-order valence-electron chi connectivity index (χ4n) is 3.01. The highest BCUT2D eigenvalue weighted by Gasteiger charge is 2.25. The van der Waals surface area contributed by atoms with E-state index in [0.717, 1.165) is 23.8 Å². The number of carbonyl (C=O) groups is 1. The molecule has 0 saturated carbocycles. The van der Waals surface area contributed by atoms with Gasteiger partial charge in [0.15, 0.2) is 11.6 Å². The van der Waals surface area contributed by atoms with Gasteiger partial charge in [0.25, 0.3) is 0 Å². The van der Waals surface area contributed by atoms with E-state index in [1.165, 1.54) is 0 Å². The third kappa shape index (κ3) is 4.79. The second kappa shape index (κ2) is 9.03. The van der Waals surface area contributed by atoms with Gasteiger partial charge in [-0.2, -0.15) is 0 Å². The van der Waals surface area contributed by atoms with E-state index in [1.807, 2.05) is 43.8 Å². The summed E-state index contributed by atoms with van der Waals surface area (Å²) in [6.45, 7) is 5.40. The van der Waals surface area contributed by atoms with Gasteiger partial charge in [-0.05, 0) is 38.7 Å². The van der Waals surface area contributed by atoms with Crippen LogP contribution in [0.1, 0.15) is 17.2 Å². The fraction of sp³-hybridized carbons (Fsp3) is 0.526. The van der Waals surface area contributed by atoms with Gasteiger partial charge < -0.3 is 29.2 Å². The van der Waals surface area contributed by atoms with Crippen LogP contribution < -0.4 is 10.1 Å². The van der Waals surface area contributed by atoms with E-state index in [0.29, 0.717) is 44.3 Å². The molecule has 0 spiro atoms. The number of nitrogens with zero attached hydrogens (tertiary/aromatic N) is 5. The number of amides is 2. The summed E-state index contributed by atoms with van der Waals surface area (Å²) in [4.78, 5) is 16.6. The minimum absolute atomic E-state index is 0.177. The van der Waals surface area contributed by atoms with Gasteiger partial charge >= 0.3 is 6.03 Å². The summed E-state index contributed by atoms with van der Waals surface area (Å²) in [6, 6.07) is 5.60. The summed E-state index contributed by atoms with van der Waals surface area (Å²) < 4.78 is 13.0. The van der Waals surface area contributed by atoms with Crippen molar-refractivity contribution >= 4 is 11.7 Å². The summed E-state index contributed by atoms with van der Waals surface area (Å²) >= 11 is 0. The monoisotopic (exact) mass is 388 g/mol. The standard InChI is InChI=1S/C19H28N6O3/c1-14-5-6-15(16(11-14)28-10-9-23(2)3)20-19(26)24-7-8-25-17(12-24)21-22-18(25)13-27-4/h5-6,11H,7-10,12-13H2,1-4H3,(H,20,26). The SMILES string of the molecule is COCc1nnc2n1CCN(C(=O)Nc1ccc(C)cc1OCCN(C)C)C2. The van der Waals surface area contributed by atoms with Crippen LogP contribution in [-0.4, -0.2) is 71.5 Å². The van der Waals surface area contributed by atoms with Crippen molar-refractivity contribution in [3.63, 3.8) is 0 Å². The number of benzene rings is 1. The van der Waals surface area contributed by atoms with Crippen LogP contribution in [0.15, 0.2) is 18.2 Å². The van der Waals surface area contributed by atoms with Gasteiger partial charge in [0.2, 0.25) is 0 Å². The highest BCUT2D eigenvalue weighted by atomic mass is 16.5. The van der Waals surface area contributed by atoms with Crippen LogP contribution in [0.25, 0.3) is 0 Å². The number of ether oxygens (including phenoxy) is 2. The van der Waals surface area contributed by atoms with E-state index in [2.05, 4.69) is 20.4 Å². The Morgan fingerprint density at radius 2 is 2.11 bits per heavy atom. The van der Waals surface area contributed by atoms with Crippen molar-refractivity contribution in [3.8, 4) is 5.75 Å². The van der Waals surface area contributed by atoms with Crippen molar-refractivity contribution in [1.29, 1.82) is 0 Å². The van der Waals surface area contributed by atoms with Crippen LogP contribution in [0.3, 0.4) is 0 Å². The molecule has 0 radical (unpaired) electrons. The average molecular weight is 388 g/mol. The number of rotatable bonds is 7. The van der Waals surface area contributed by atoms with E-state index in [4.69, 9.17) is 9.47 Å². The molecule has 152 valence electrons.